The summed E-state index contributed by atoms with van der Waals surface area (Å²) in [6.45, 7) is 4.09. The summed E-state index contributed by atoms with van der Waals surface area (Å²) in [5.74, 6) is 0. The maximum absolute atomic E-state index is 5.99. The maximum atomic E-state index is 5.99. The minimum atomic E-state index is 0.287. The molecule has 1 heterocycles. The van der Waals surface area contributed by atoms with Gasteiger partial charge in [-0.2, -0.15) is 0 Å². The van der Waals surface area contributed by atoms with E-state index in [0.29, 0.717) is 16.1 Å². The first-order valence-electron chi connectivity index (χ1n) is 5.51. The van der Waals surface area contributed by atoms with Crippen molar-refractivity contribution in [1.82, 2.24) is 4.90 Å². The molecule has 0 spiro atoms. The molecule has 1 aromatic carbocycles. The van der Waals surface area contributed by atoms with Crippen molar-refractivity contribution in [3.05, 3.63) is 33.8 Å². The number of benzene rings is 1. The summed E-state index contributed by atoms with van der Waals surface area (Å²) in [7, 11) is 0. The molecule has 0 radical (unpaired) electrons. The lowest BCUT2D eigenvalue weighted by molar-refractivity contribution is 0.252. The molecule has 2 rings (SSSR count). The molecule has 1 aromatic rings. The van der Waals surface area contributed by atoms with Crippen molar-refractivity contribution < 1.29 is 0 Å². The van der Waals surface area contributed by atoms with Gasteiger partial charge in [0, 0.05) is 35.2 Å². The van der Waals surface area contributed by atoms with Crippen molar-refractivity contribution in [2.45, 2.75) is 32.0 Å². The highest BCUT2D eigenvalue weighted by molar-refractivity contribution is 6.34. The van der Waals surface area contributed by atoms with Crippen LogP contribution in [0.3, 0.4) is 0 Å². The SMILES string of the molecule is CC1C(N)CCN1Cc1cc(Cl)cc(Cl)c1. The van der Waals surface area contributed by atoms with E-state index in [-0.39, 0.29) is 6.04 Å². The molecule has 0 aliphatic carbocycles. The molecule has 1 aliphatic rings. The zero-order valence-corrected chi connectivity index (χ0v) is 10.8. The monoisotopic (exact) mass is 258 g/mol. The summed E-state index contributed by atoms with van der Waals surface area (Å²) in [4.78, 5) is 2.37. The van der Waals surface area contributed by atoms with E-state index in [1.54, 1.807) is 6.07 Å². The normalized spacial score (nSPS) is 26.2. The molecule has 2 N–H and O–H groups in total. The summed E-state index contributed by atoms with van der Waals surface area (Å²) in [5.41, 5.74) is 7.14. The van der Waals surface area contributed by atoms with Crippen LogP contribution in [0, 0.1) is 0 Å². The molecule has 1 aliphatic heterocycles. The molecule has 16 heavy (non-hydrogen) atoms. The Morgan fingerprint density at radius 2 is 1.94 bits per heavy atom. The lowest BCUT2D eigenvalue weighted by Crippen LogP contribution is -2.36. The minimum absolute atomic E-state index is 0.287. The van der Waals surface area contributed by atoms with E-state index in [2.05, 4.69) is 11.8 Å². The van der Waals surface area contributed by atoms with E-state index >= 15 is 0 Å². The molecule has 0 saturated carbocycles. The number of rotatable bonds is 2. The topological polar surface area (TPSA) is 29.3 Å². The van der Waals surface area contributed by atoms with Gasteiger partial charge in [0.1, 0.15) is 0 Å². The van der Waals surface area contributed by atoms with E-state index in [9.17, 15) is 0 Å². The van der Waals surface area contributed by atoms with Crippen molar-refractivity contribution in [1.29, 1.82) is 0 Å². The predicted molar refractivity (Wildman–Crippen MR) is 68.9 cm³/mol. The third kappa shape index (κ3) is 2.69. The molecule has 88 valence electrons. The fraction of sp³-hybridized carbons (Fsp3) is 0.500. The van der Waals surface area contributed by atoms with Gasteiger partial charge in [0.25, 0.3) is 0 Å². The number of nitrogens with zero attached hydrogens (tertiary/aromatic N) is 1. The molecule has 2 atom stereocenters. The first-order chi connectivity index (χ1) is 7.56. The predicted octanol–water partition coefficient (Wildman–Crippen LogP) is 2.91. The smallest absolute Gasteiger partial charge is 0.0424 e. The highest BCUT2D eigenvalue weighted by Crippen LogP contribution is 2.23. The molecule has 2 nitrogen and oxygen atoms in total. The van der Waals surface area contributed by atoms with Crippen LogP contribution in [0.25, 0.3) is 0 Å². The zero-order chi connectivity index (χ0) is 11.7. The number of hydrogen-bond donors (Lipinski definition) is 1. The standard InChI is InChI=1S/C12H16Cl2N2/c1-8-12(15)2-3-16(8)7-9-4-10(13)6-11(14)5-9/h4-6,8,12H,2-3,7,15H2,1H3. The number of likely N-dealkylation sites (tertiary alicyclic amines) is 1. The Bertz CT molecular complexity index is 361. The second kappa shape index (κ2) is 4.92. The largest absolute Gasteiger partial charge is 0.326 e. The molecule has 1 fully saturated rings. The van der Waals surface area contributed by atoms with Crippen molar-refractivity contribution in [3.8, 4) is 0 Å². The van der Waals surface area contributed by atoms with Gasteiger partial charge in [-0.05, 0) is 37.1 Å². The summed E-state index contributed by atoms with van der Waals surface area (Å²) in [6, 6.07) is 6.40. The Morgan fingerprint density at radius 1 is 1.31 bits per heavy atom. The Morgan fingerprint density at radius 3 is 2.44 bits per heavy atom. The van der Waals surface area contributed by atoms with Gasteiger partial charge in [-0.1, -0.05) is 23.2 Å². The molecule has 1 saturated heterocycles. The summed E-state index contributed by atoms with van der Waals surface area (Å²) in [6.07, 6.45) is 1.06. The Balaban J connectivity index is 2.09. The van der Waals surface area contributed by atoms with Crippen LogP contribution in [0.4, 0.5) is 0 Å². The van der Waals surface area contributed by atoms with E-state index in [1.165, 1.54) is 0 Å². The van der Waals surface area contributed by atoms with Gasteiger partial charge < -0.3 is 5.73 Å². The lowest BCUT2D eigenvalue weighted by atomic mass is 10.1. The van der Waals surface area contributed by atoms with Gasteiger partial charge in [-0.3, -0.25) is 4.90 Å². The molecule has 0 bridgehead atoms. The van der Waals surface area contributed by atoms with E-state index in [0.717, 1.165) is 25.1 Å². The van der Waals surface area contributed by atoms with Crippen LogP contribution >= 0.6 is 23.2 Å². The van der Waals surface area contributed by atoms with Gasteiger partial charge in [-0.15, -0.1) is 0 Å². The van der Waals surface area contributed by atoms with E-state index in [1.807, 2.05) is 12.1 Å². The number of hydrogen-bond acceptors (Lipinski definition) is 2. The number of nitrogens with two attached hydrogens (primary N) is 1. The molecular weight excluding hydrogens is 243 g/mol. The van der Waals surface area contributed by atoms with Crippen LogP contribution in [0.5, 0.6) is 0 Å². The third-order valence-electron chi connectivity index (χ3n) is 3.25. The first-order valence-corrected chi connectivity index (χ1v) is 6.26. The summed E-state index contributed by atoms with van der Waals surface area (Å²) in [5, 5.41) is 1.39. The first kappa shape index (κ1) is 12.2. The van der Waals surface area contributed by atoms with Gasteiger partial charge in [0.15, 0.2) is 0 Å². The van der Waals surface area contributed by atoms with E-state index < -0.39 is 0 Å². The van der Waals surface area contributed by atoms with Gasteiger partial charge >= 0.3 is 0 Å². The Labute approximate surface area is 106 Å². The molecular formula is C12H16Cl2N2. The fourth-order valence-corrected chi connectivity index (χ4v) is 2.76. The molecule has 0 aromatic heterocycles. The second-order valence-electron chi connectivity index (χ2n) is 4.44. The summed E-state index contributed by atoms with van der Waals surface area (Å²) < 4.78 is 0. The van der Waals surface area contributed by atoms with Gasteiger partial charge in [0.05, 0.1) is 0 Å². The molecule has 4 heteroatoms. The fourth-order valence-electron chi connectivity index (χ4n) is 2.19. The minimum Gasteiger partial charge on any atom is -0.326 e. The highest BCUT2D eigenvalue weighted by Gasteiger charge is 2.27. The second-order valence-corrected chi connectivity index (χ2v) is 5.31. The summed E-state index contributed by atoms with van der Waals surface area (Å²) >= 11 is 11.9. The van der Waals surface area contributed by atoms with Crippen molar-refractivity contribution >= 4 is 23.2 Å². The van der Waals surface area contributed by atoms with Gasteiger partial charge in [-0.25, -0.2) is 0 Å². The molecule has 0 amide bonds. The average Bonchev–Trinajstić information content (AvgIpc) is 2.48. The van der Waals surface area contributed by atoms with E-state index in [4.69, 9.17) is 28.9 Å². The quantitative estimate of drug-likeness (QED) is 0.884. The Kier molecular flexibility index (Phi) is 3.75. The van der Waals surface area contributed by atoms with Crippen LogP contribution in [-0.4, -0.2) is 23.5 Å². The van der Waals surface area contributed by atoms with Crippen LogP contribution in [0.2, 0.25) is 10.0 Å². The van der Waals surface area contributed by atoms with Crippen LogP contribution in [0.15, 0.2) is 18.2 Å². The van der Waals surface area contributed by atoms with Crippen LogP contribution in [-0.2, 0) is 6.54 Å². The Hall–Kier alpha value is -0.280. The third-order valence-corrected chi connectivity index (χ3v) is 3.69. The lowest BCUT2D eigenvalue weighted by Gasteiger charge is -2.23. The average molecular weight is 259 g/mol. The maximum Gasteiger partial charge on any atom is 0.0424 e. The highest BCUT2D eigenvalue weighted by atomic mass is 35.5. The number of halogens is 2. The van der Waals surface area contributed by atoms with Gasteiger partial charge in [0.2, 0.25) is 0 Å². The van der Waals surface area contributed by atoms with Crippen LogP contribution in [0.1, 0.15) is 18.9 Å². The van der Waals surface area contributed by atoms with Crippen LogP contribution < -0.4 is 5.73 Å². The van der Waals surface area contributed by atoms with Crippen molar-refractivity contribution in [3.63, 3.8) is 0 Å². The van der Waals surface area contributed by atoms with Crippen molar-refractivity contribution in [2.75, 3.05) is 6.54 Å². The van der Waals surface area contributed by atoms with Crippen molar-refractivity contribution in [2.24, 2.45) is 5.73 Å². The zero-order valence-electron chi connectivity index (χ0n) is 9.29. The molecule has 2 unspecified atom stereocenters.